The second kappa shape index (κ2) is 9.26. The molecule has 0 spiro atoms. The predicted molar refractivity (Wildman–Crippen MR) is 133 cm³/mol. The highest BCUT2D eigenvalue weighted by molar-refractivity contribution is 5.10. The Labute approximate surface area is 198 Å². The maximum atomic E-state index is 11.0. The molecule has 0 aromatic rings. The third-order valence-corrected chi connectivity index (χ3v) is 11.3. The van der Waals surface area contributed by atoms with E-state index in [0.717, 1.165) is 54.8 Å². The van der Waals surface area contributed by atoms with E-state index in [-0.39, 0.29) is 6.61 Å². The summed E-state index contributed by atoms with van der Waals surface area (Å²) >= 11 is 0. The molecular formula is C30H50O2. The number of hydrogen-bond acceptors (Lipinski definition) is 2. The Hall–Kier alpha value is -0.520. The predicted octanol–water partition coefficient (Wildman–Crippen LogP) is 7.45. The maximum Gasteiger partial charge on any atom is 0.167 e. The molecular weight excluding hydrogens is 392 g/mol. The highest BCUT2D eigenvalue weighted by Gasteiger charge is 2.61. The fraction of sp³-hybridized carbons (Fsp3) is 0.933. The lowest BCUT2D eigenvalue weighted by Gasteiger charge is -2.62. The molecule has 9 atom stereocenters. The van der Waals surface area contributed by atoms with Crippen LogP contribution in [0.4, 0.5) is 0 Å². The second-order valence-corrected chi connectivity index (χ2v) is 13.3. The SMILES string of the molecule is C#CCOC1(O)CC[C@@]2(C)C(CC[C@H]3[C@@H]4CC[C@H]([C@H](C)CCCC(C)C)[C@@]4(C)CC[C@@H]32)C1. The minimum atomic E-state index is -0.990. The van der Waals surface area contributed by atoms with Crippen LogP contribution in [0.15, 0.2) is 0 Å². The van der Waals surface area contributed by atoms with Crippen molar-refractivity contribution in [2.45, 2.75) is 117 Å². The molecule has 4 aliphatic rings. The normalized spacial score (nSPS) is 46.8. The molecule has 0 radical (unpaired) electrons. The van der Waals surface area contributed by atoms with Crippen molar-refractivity contribution in [1.29, 1.82) is 0 Å². The van der Waals surface area contributed by atoms with Crippen molar-refractivity contribution in [3.63, 3.8) is 0 Å². The molecule has 2 nitrogen and oxygen atoms in total. The van der Waals surface area contributed by atoms with E-state index in [1.807, 2.05) is 0 Å². The first kappa shape index (κ1) is 24.6. The van der Waals surface area contributed by atoms with Gasteiger partial charge in [-0.15, -0.1) is 6.42 Å². The van der Waals surface area contributed by atoms with Gasteiger partial charge in [0, 0.05) is 12.8 Å². The van der Waals surface area contributed by atoms with E-state index >= 15 is 0 Å². The van der Waals surface area contributed by atoms with Gasteiger partial charge in [0.05, 0.1) is 0 Å². The number of fused-ring (bicyclic) bond motifs is 5. The smallest absolute Gasteiger partial charge is 0.167 e. The monoisotopic (exact) mass is 442 g/mol. The van der Waals surface area contributed by atoms with Gasteiger partial charge in [-0.2, -0.15) is 0 Å². The van der Waals surface area contributed by atoms with Crippen LogP contribution in [0, 0.1) is 64.6 Å². The molecule has 32 heavy (non-hydrogen) atoms. The minimum Gasteiger partial charge on any atom is -0.365 e. The first-order chi connectivity index (χ1) is 15.1. The third-order valence-electron chi connectivity index (χ3n) is 11.3. The Bertz CT molecular complexity index is 693. The largest absolute Gasteiger partial charge is 0.365 e. The first-order valence-electron chi connectivity index (χ1n) is 13.9. The van der Waals surface area contributed by atoms with Crippen LogP contribution in [0.3, 0.4) is 0 Å². The van der Waals surface area contributed by atoms with Gasteiger partial charge in [-0.3, -0.25) is 0 Å². The fourth-order valence-electron chi connectivity index (χ4n) is 9.54. The van der Waals surface area contributed by atoms with Gasteiger partial charge >= 0.3 is 0 Å². The van der Waals surface area contributed by atoms with Gasteiger partial charge in [-0.1, -0.05) is 59.8 Å². The zero-order chi connectivity index (χ0) is 23.1. The molecule has 0 heterocycles. The molecule has 0 aliphatic heterocycles. The highest BCUT2D eigenvalue weighted by atomic mass is 16.6. The number of rotatable bonds is 7. The summed E-state index contributed by atoms with van der Waals surface area (Å²) in [6, 6.07) is 0. The number of aliphatic hydroxyl groups is 1. The van der Waals surface area contributed by atoms with Crippen molar-refractivity contribution in [3.05, 3.63) is 0 Å². The van der Waals surface area contributed by atoms with Gasteiger partial charge in [0.15, 0.2) is 5.79 Å². The topological polar surface area (TPSA) is 29.5 Å². The molecule has 182 valence electrons. The molecule has 4 aliphatic carbocycles. The molecule has 0 saturated heterocycles. The van der Waals surface area contributed by atoms with Crippen molar-refractivity contribution < 1.29 is 9.84 Å². The molecule has 2 unspecified atom stereocenters. The Balaban J connectivity index is 1.44. The summed E-state index contributed by atoms with van der Waals surface area (Å²) in [5.41, 5.74) is 0.934. The summed E-state index contributed by atoms with van der Waals surface area (Å²) in [6.07, 6.45) is 20.6. The third kappa shape index (κ3) is 4.31. The quantitative estimate of drug-likeness (QED) is 0.328. The number of hydrogen-bond donors (Lipinski definition) is 1. The van der Waals surface area contributed by atoms with Crippen molar-refractivity contribution in [3.8, 4) is 12.3 Å². The van der Waals surface area contributed by atoms with Crippen LogP contribution < -0.4 is 0 Å². The Kier molecular flexibility index (Phi) is 7.12. The van der Waals surface area contributed by atoms with E-state index < -0.39 is 5.79 Å². The van der Waals surface area contributed by atoms with Crippen LogP contribution in [-0.4, -0.2) is 17.5 Å². The molecule has 2 heteroatoms. The van der Waals surface area contributed by atoms with Crippen molar-refractivity contribution >= 4 is 0 Å². The van der Waals surface area contributed by atoms with Gasteiger partial charge in [0.1, 0.15) is 6.61 Å². The lowest BCUT2D eigenvalue weighted by atomic mass is 9.44. The summed E-state index contributed by atoms with van der Waals surface area (Å²) in [6.45, 7) is 12.8. The Morgan fingerprint density at radius 3 is 2.41 bits per heavy atom. The van der Waals surface area contributed by atoms with Gasteiger partial charge in [-0.25, -0.2) is 0 Å². The van der Waals surface area contributed by atoms with Crippen LogP contribution in [0.25, 0.3) is 0 Å². The van der Waals surface area contributed by atoms with Crippen LogP contribution in [0.1, 0.15) is 112 Å². The van der Waals surface area contributed by atoms with Crippen molar-refractivity contribution in [2.24, 2.45) is 52.3 Å². The fourth-order valence-corrected chi connectivity index (χ4v) is 9.54. The van der Waals surface area contributed by atoms with Crippen molar-refractivity contribution in [2.75, 3.05) is 6.61 Å². The summed E-state index contributed by atoms with van der Waals surface area (Å²) < 4.78 is 5.74. The van der Waals surface area contributed by atoms with E-state index in [1.54, 1.807) is 0 Å². The number of terminal acetylenes is 1. The standard InChI is InChI=1S/C30H50O2/c1-7-19-32-30(31)18-17-28(5)23(20-30)11-12-24-26-14-13-25(22(4)10-8-9-21(2)3)29(26,6)16-15-27(24)28/h1,21-27,31H,8-20H2,2-6H3/t22-,23?,24+,25-,26+,27+,28+,29-,30?/m1/s1. The first-order valence-corrected chi connectivity index (χ1v) is 13.9. The maximum absolute atomic E-state index is 11.0. The Morgan fingerprint density at radius 2 is 1.69 bits per heavy atom. The zero-order valence-electron chi connectivity index (χ0n) is 21.7. The van der Waals surface area contributed by atoms with E-state index in [4.69, 9.17) is 11.2 Å². The van der Waals surface area contributed by atoms with Gasteiger partial charge in [0.25, 0.3) is 0 Å². The van der Waals surface area contributed by atoms with Gasteiger partial charge in [-0.05, 0) is 97.2 Å². The van der Waals surface area contributed by atoms with E-state index in [0.29, 0.717) is 16.7 Å². The summed E-state index contributed by atoms with van der Waals surface area (Å²) in [5.74, 6) is 7.45. The van der Waals surface area contributed by atoms with Gasteiger partial charge < -0.3 is 9.84 Å². The minimum absolute atomic E-state index is 0.225. The summed E-state index contributed by atoms with van der Waals surface area (Å²) in [5, 5.41) is 11.0. The molecule has 4 saturated carbocycles. The van der Waals surface area contributed by atoms with E-state index in [1.165, 1.54) is 57.8 Å². The molecule has 0 bridgehead atoms. The molecule has 0 aromatic carbocycles. The highest BCUT2D eigenvalue weighted by Crippen LogP contribution is 2.69. The molecule has 1 N–H and O–H groups in total. The zero-order valence-corrected chi connectivity index (χ0v) is 21.7. The van der Waals surface area contributed by atoms with Crippen LogP contribution in [-0.2, 0) is 4.74 Å². The molecule has 0 aromatic heterocycles. The van der Waals surface area contributed by atoms with E-state index in [2.05, 4.69) is 40.5 Å². The van der Waals surface area contributed by atoms with E-state index in [9.17, 15) is 5.11 Å². The number of ether oxygens (including phenoxy) is 1. The summed E-state index contributed by atoms with van der Waals surface area (Å²) in [7, 11) is 0. The van der Waals surface area contributed by atoms with Crippen LogP contribution in [0.2, 0.25) is 0 Å². The Morgan fingerprint density at radius 1 is 0.938 bits per heavy atom. The van der Waals surface area contributed by atoms with Crippen LogP contribution in [0.5, 0.6) is 0 Å². The lowest BCUT2D eigenvalue weighted by molar-refractivity contribution is -0.254. The molecule has 4 rings (SSSR count). The molecule has 0 amide bonds. The average molecular weight is 443 g/mol. The van der Waals surface area contributed by atoms with Gasteiger partial charge in [0.2, 0.25) is 0 Å². The van der Waals surface area contributed by atoms with Crippen LogP contribution >= 0.6 is 0 Å². The lowest BCUT2D eigenvalue weighted by Crippen LogP contribution is -2.56. The summed E-state index contributed by atoms with van der Waals surface area (Å²) in [4.78, 5) is 0. The molecule has 4 fully saturated rings. The second-order valence-electron chi connectivity index (χ2n) is 13.3. The average Bonchev–Trinajstić information content (AvgIpc) is 3.10. The van der Waals surface area contributed by atoms with Crippen molar-refractivity contribution in [1.82, 2.24) is 0 Å².